The van der Waals surface area contributed by atoms with E-state index in [1.54, 1.807) is 23.1 Å². The second kappa shape index (κ2) is 7.61. The highest BCUT2D eigenvalue weighted by Crippen LogP contribution is 2.24. The third-order valence-electron chi connectivity index (χ3n) is 4.39. The number of benzene rings is 1. The zero-order chi connectivity index (χ0) is 18.7. The smallest absolute Gasteiger partial charge is 0.289 e. The molecule has 1 aliphatic rings. The predicted molar refractivity (Wildman–Crippen MR) is 95.9 cm³/mol. The zero-order valence-corrected chi connectivity index (χ0v) is 14.7. The Kier molecular flexibility index (Phi) is 5.27. The SMILES string of the molecule is NC(=O)c1ccc(NC(=O)C2CCN(C(=O)c3ccco3)CC2)cc1Cl. The minimum atomic E-state index is -0.624. The number of likely N-dealkylation sites (tertiary alicyclic amines) is 1. The van der Waals surface area contributed by atoms with Crippen molar-refractivity contribution >= 4 is 35.0 Å². The molecule has 0 atom stereocenters. The number of furan rings is 1. The van der Waals surface area contributed by atoms with E-state index in [0.717, 1.165) is 0 Å². The van der Waals surface area contributed by atoms with Gasteiger partial charge < -0.3 is 20.4 Å². The Morgan fingerprint density at radius 3 is 2.50 bits per heavy atom. The van der Waals surface area contributed by atoms with Crippen molar-refractivity contribution in [3.8, 4) is 0 Å². The number of carbonyl (C=O) groups is 3. The molecule has 1 fully saturated rings. The van der Waals surface area contributed by atoms with Gasteiger partial charge in [-0.15, -0.1) is 0 Å². The van der Waals surface area contributed by atoms with Gasteiger partial charge in [0.25, 0.3) is 5.91 Å². The number of halogens is 1. The van der Waals surface area contributed by atoms with Gasteiger partial charge in [-0.2, -0.15) is 0 Å². The first-order valence-electron chi connectivity index (χ1n) is 8.18. The van der Waals surface area contributed by atoms with Crippen molar-refractivity contribution in [1.29, 1.82) is 0 Å². The molecule has 136 valence electrons. The number of nitrogens with one attached hydrogen (secondary N) is 1. The summed E-state index contributed by atoms with van der Waals surface area (Å²) in [4.78, 5) is 37.5. The number of piperidine rings is 1. The van der Waals surface area contributed by atoms with Crippen LogP contribution < -0.4 is 11.1 Å². The Labute approximate surface area is 155 Å². The van der Waals surface area contributed by atoms with Crippen LogP contribution in [0.15, 0.2) is 41.0 Å². The second-order valence-electron chi connectivity index (χ2n) is 6.09. The molecule has 0 bridgehead atoms. The Morgan fingerprint density at radius 2 is 1.92 bits per heavy atom. The fraction of sp³-hybridized carbons (Fsp3) is 0.278. The van der Waals surface area contributed by atoms with E-state index in [1.165, 1.54) is 18.4 Å². The Balaban J connectivity index is 1.56. The fourth-order valence-corrected chi connectivity index (χ4v) is 3.21. The molecule has 1 aromatic carbocycles. The van der Waals surface area contributed by atoms with E-state index in [1.807, 2.05) is 0 Å². The molecule has 1 aliphatic heterocycles. The molecule has 0 unspecified atom stereocenters. The molecular weight excluding hydrogens is 358 g/mol. The molecule has 2 aromatic rings. The number of hydrogen-bond donors (Lipinski definition) is 2. The van der Waals surface area contributed by atoms with Crippen LogP contribution in [0.1, 0.15) is 33.8 Å². The average Bonchev–Trinajstić information content (AvgIpc) is 3.15. The molecule has 1 aromatic heterocycles. The van der Waals surface area contributed by atoms with Crippen LogP contribution in [0.25, 0.3) is 0 Å². The number of primary amides is 1. The van der Waals surface area contributed by atoms with Gasteiger partial charge in [0.05, 0.1) is 16.8 Å². The molecule has 1 saturated heterocycles. The van der Waals surface area contributed by atoms with Crippen molar-refractivity contribution in [3.05, 3.63) is 52.9 Å². The number of anilines is 1. The quantitative estimate of drug-likeness (QED) is 0.856. The summed E-state index contributed by atoms with van der Waals surface area (Å²) in [6.07, 6.45) is 2.58. The molecule has 0 radical (unpaired) electrons. The molecule has 0 aliphatic carbocycles. The van der Waals surface area contributed by atoms with Crippen molar-refractivity contribution < 1.29 is 18.8 Å². The number of carbonyl (C=O) groups excluding carboxylic acids is 3. The molecule has 26 heavy (non-hydrogen) atoms. The van der Waals surface area contributed by atoms with E-state index in [0.29, 0.717) is 37.4 Å². The third kappa shape index (κ3) is 3.88. The minimum Gasteiger partial charge on any atom is -0.459 e. The molecular formula is C18H18ClN3O4. The lowest BCUT2D eigenvalue weighted by Gasteiger charge is -2.30. The van der Waals surface area contributed by atoms with Crippen LogP contribution in [0.4, 0.5) is 5.69 Å². The van der Waals surface area contributed by atoms with Crippen LogP contribution in [-0.2, 0) is 4.79 Å². The van der Waals surface area contributed by atoms with Crippen LogP contribution in [0.2, 0.25) is 5.02 Å². The maximum absolute atomic E-state index is 12.4. The summed E-state index contributed by atoms with van der Waals surface area (Å²) in [5.41, 5.74) is 5.91. The van der Waals surface area contributed by atoms with Crippen molar-refractivity contribution in [3.63, 3.8) is 0 Å². The van der Waals surface area contributed by atoms with Gasteiger partial charge in [-0.1, -0.05) is 11.6 Å². The van der Waals surface area contributed by atoms with Crippen molar-refractivity contribution in [1.82, 2.24) is 4.90 Å². The summed E-state index contributed by atoms with van der Waals surface area (Å²) < 4.78 is 5.12. The van der Waals surface area contributed by atoms with E-state index < -0.39 is 5.91 Å². The largest absolute Gasteiger partial charge is 0.459 e. The zero-order valence-electron chi connectivity index (χ0n) is 13.9. The van der Waals surface area contributed by atoms with Crippen LogP contribution >= 0.6 is 11.6 Å². The standard InChI is InChI=1S/C18H18ClN3O4/c19-14-10-12(3-4-13(14)16(20)23)21-17(24)11-5-7-22(8-6-11)18(25)15-2-1-9-26-15/h1-4,9-11H,5-8H2,(H2,20,23)(H,21,24). The van der Waals surface area contributed by atoms with Crippen molar-refractivity contribution in [2.75, 3.05) is 18.4 Å². The molecule has 3 rings (SSSR count). The fourth-order valence-electron chi connectivity index (χ4n) is 2.94. The first kappa shape index (κ1) is 18.0. The van der Waals surface area contributed by atoms with Crippen LogP contribution in [-0.4, -0.2) is 35.7 Å². The number of amides is 3. The summed E-state index contributed by atoms with van der Waals surface area (Å²) in [5, 5.41) is 2.98. The first-order chi connectivity index (χ1) is 12.5. The van der Waals surface area contributed by atoms with Gasteiger partial charge in [-0.05, 0) is 43.2 Å². The first-order valence-corrected chi connectivity index (χ1v) is 8.56. The molecule has 0 saturated carbocycles. The Morgan fingerprint density at radius 1 is 1.19 bits per heavy atom. The van der Waals surface area contributed by atoms with Gasteiger partial charge in [0.1, 0.15) is 0 Å². The highest BCUT2D eigenvalue weighted by Gasteiger charge is 2.28. The molecule has 3 N–H and O–H groups in total. The van der Waals surface area contributed by atoms with E-state index in [9.17, 15) is 14.4 Å². The van der Waals surface area contributed by atoms with Gasteiger partial charge in [0.15, 0.2) is 5.76 Å². The van der Waals surface area contributed by atoms with Crippen molar-refractivity contribution in [2.24, 2.45) is 11.7 Å². The van der Waals surface area contributed by atoms with Crippen LogP contribution in [0, 0.1) is 5.92 Å². The van der Waals surface area contributed by atoms with E-state index in [-0.39, 0.29) is 28.3 Å². The lowest BCUT2D eigenvalue weighted by molar-refractivity contribution is -0.121. The van der Waals surface area contributed by atoms with Crippen LogP contribution in [0.5, 0.6) is 0 Å². The maximum atomic E-state index is 12.4. The van der Waals surface area contributed by atoms with Gasteiger partial charge in [-0.3, -0.25) is 14.4 Å². The van der Waals surface area contributed by atoms with Crippen molar-refractivity contribution in [2.45, 2.75) is 12.8 Å². The summed E-state index contributed by atoms with van der Waals surface area (Å²) >= 11 is 5.99. The molecule has 2 heterocycles. The topological polar surface area (TPSA) is 106 Å². The average molecular weight is 376 g/mol. The monoisotopic (exact) mass is 375 g/mol. The number of nitrogens with two attached hydrogens (primary N) is 1. The number of hydrogen-bond acceptors (Lipinski definition) is 4. The van der Waals surface area contributed by atoms with E-state index in [4.69, 9.17) is 21.8 Å². The van der Waals surface area contributed by atoms with Gasteiger partial charge >= 0.3 is 0 Å². The molecule has 8 heteroatoms. The lowest BCUT2D eigenvalue weighted by atomic mass is 9.95. The third-order valence-corrected chi connectivity index (χ3v) is 4.70. The van der Waals surface area contributed by atoms with E-state index >= 15 is 0 Å². The van der Waals surface area contributed by atoms with Gasteiger partial charge in [0.2, 0.25) is 11.8 Å². The van der Waals surface area contributed by atoms with Gasteiger partial charge in [0, 0.05) is 24.7 Å². The normalized spacial score (nSPS) is 14.9. The summed E-state index contributed by atoms with van der Waals surface area (Å²) in [6.45, 7) is 0.970. The summed E-state index contributed by atoms with van der Waals surface area (Å²) in [6, 6.07) is 7.85. The second-order valence-corrected chi connectivity index (χ2v) is 6.50. The molecule has 3 amide bonds. The lowest BCUT2D eigenvalue weighted by Crippen LogP contribution is -2.41. The maximum Gasteiger partial charge on any atom is 0.289 e. The van der Waals surface area contributed by atoms with Crippen LogP contribution in [0.3, 0.4) is 0 Å². The number of nitrogens with zero attached hydrogens (tertiary/aromatic N) is 1. The van der Waals surface area contributed by atoms with Gasteiger partial charge in [-0.25, -0.2) is 0 Å². The summed E-state index contributed by atoms with van der Waals surface area (Å²) in [5.74, 6) is -0.829. The number of rotatable bonds is 4. The molecule has 7 nitrogen and oxygen atoms in total. The molecule has 0 spiro atoms. The Bertz CT molecular complexity index is 827. The summed E-state index contributed by atoms with van der Waals surface area (Å²) in [7, 11) is 0. The Hall–Kier alpha value is -2.80. The highest BCUT2D eigenvalue weighted by molar-refractivity contribution is 6.34. The highest BCUT2D eigenvalue weighted by atomic mass is 35.5. The predicted octanol–water partition coefficient (Wildman–Crippen LogP) is 2.52. The van der Waals surface area contributed by atoms with E-state index in [2.05, 4.69) is 5.32 Å². The minimum absolute atomic E-state index is 0.141.